The molecule has 0 saturated heterocycles. The van der Waals surface area contributed by atoms with Gasteiger partial charge in [-0.1, -0.05) is 23.9 Å². The number of methoxy groups -OCH3 is 1. The number of nitro groups is 1. The predicted octanol–water partition coefficient (Wildman–Crippen LogP) is 3.49. The van der Waals surface area contributed by atoms with Crippen molar-refractivity contribution in [3.63, 3.8) is 0 Å². The fraction of sp³-hybridized carbons (Fsp3) is 0.150. The van der Waals surface area contributed by atoms with Gasteiger partial charge in [-0.15, -0.1) is 0 Å². The van der Waals surface area contributed by atoms with Crippen molar-refractivity contribution in [3.05, 3.63) is 64.3 Å². The SMILES string of the molecule is COc1ccc(-c2[nH]c(-c3cccc([N+](=O)[O-])c3)nc2C(=O)NC2=NCCS2)cc1. The number of nitro benzene ring substituents is 1. The smallest absolute Gasteiger partial charge is 0.278 e. The summed E-state index contributed by atoms with van der Waals surface area (Å²) >= 11 is 1.47. The number of carbonyl (C=O) groups is 1. The fourth-order valence-electron chi connectivity index (χ4n) is 2.97. The van der Waals surface area contributed by atoms with E-state index in [1.807, 2.05) is 12.1 Å². The van der Waals surface area contributed by atoms with E-state index in [2.05, 4.69) is 20.3 Å². The average Bonchev–Trinajstić information content (AvgIpc) is 3.44. The number of H-pyrrole nitrogens is 1. The van der Waals surface area contributed by atoms with E-state index >= 15 is 0 Å². The molecule has 0 unspecified atom stereocenters. The number of non-ortho nitro benzene ring substituents is 1. The molecule has 1 aliphatic rings. The molecule has 1 aliphatic heterocycles. The van der Waals surface area contributed by atoms with Gasteiger partial charge < -0.3 is 9.72 Å². The molecule has 9 nitrogen and oxygen atoms in total. The molecule has 2 heterocycles. The highest BCUT2D eigenvalue weighted by Crippen LogP contribution is 2.29. The van der Waals surface area contributed by atoms with E-state index in [0.29, 0.717) is 34.5 Å². The molecule has 0 fully saturated rings. The monoisotopic (exact) mass is 423 g/mol. The number of benzene rings is 2. The molecule has 10 heteroatoms. The summed E-state index contributed by atoms with van der Waals surface area (Å²) in [7, 11) is 1.57. The van der Waals surface area contributed by atoms with Gasteiger partial charge in [0.15, 0.2) is 10.9 Å². The second-order valence-corrected chi connectivity index (χ2v) is 7.42. The van der Waals surface area contributed by atoms with Crippen LogP contribution in [0.3, 0.4) is 0 Å². The Labute approximate surface area is 175 Å². The topological polar surface area (TPSA) is 123 Å². The Kier molecular flexibility index (Phi) is 5.48. The lowest BCUT2D eigenvalue weighted by molar-refractivity contribution is -0.384. The highest BCUT2D eigenvalue weighted by atomic mass is 32.2. The number of ether oxygens (including phenoxy) is 1. The van der Waals surface area contributed by atoms with E-state index in [-0.39, 0.29) is 11.4 Å². The maximum Gasteiger partial charge on any atom is 0.278 e. The van der Waals surface area contributed by atoms with Crippen molar-refractivity contribution in [1.29, 1.82) is 0 Å². The molecule has 30 heavy (non-hydrogen) atoms. The van der Waals surface area contributed by atoms with Crippen LogP contribution in [-0.4, -0.2) is 45.4 Å². The Balaban J connectivity index is 1.77. The van der Waals surface area contributed by atoms with Crippen LogP contribution in [0.5, 0.6) is 5.75 Å². The van der Waals surface area contributed by atoms with Crippen molar-refractivity contribution in [3.8, 4) is 28.4 Å². The van der Waals surface area contributed by atoms with Gasteiger partial charge in [0.1, 0.15) is 11.6 Å². The van der Waals surface area contributed by atoms with Crippen molar-refractivity contribution < 1.29 is 14.5 Å². The average molecular weight is 423 g/mol. The summed E-state index contributed by atoms with van der Waals surface area (Å²) in [6, 6.07) is 13.3. The molecule has 2 N–H and O–H groups in total. The second-order valence-electron chi connectivity index (χ2n) is 6.33. The van der Waals surface area contributed by atoms with Gasteiger partial charge in [0.05, 0.1) is 24.3 Å². The van der Waals surface area contributed by atoms with Gasteiger partial charge in [-0.2, -0.15) is 0 Å². The number of amidine groups is 1. The normalized spacial score (nSPS) is 13.0. The van der Waals surface area contributed by atoms with Crippen molar-refractivity contribution >= 4 is 28.5 Å². The summed E-state index contributed by atoms with van der Waals surface area (Å²) in [5.41, 5.74) is 1.85. The number of imidazole rings is 1. The molecule has 1 amide bonds. The fourth-order valence-corrected chi connectivity index (χ4v) is 3.70. The summed E-state index contributed by atoms with van der Waals surface area (Å²) in [4.78, 5) is 35.4. The van der Waals surface area contributed by atoms with Gasteiger partial charge in [0.25, 0.3) is 11.6 Å². The molecule has 0 saturated carbocycles. The highest BCUT2D eigenvalue weighted by Gasteiger charge is 2.22. The van der Waals surface area contributed by atoms with Crippen LogP contribution in [0.4, 0.5) is 5.69 Å². The number of hydrogen-bond acceptors (Lipinski definition) is 7. The molecule has 0 radical (unpaired) electrons. The Morgan fingerprint density at radius 3 is 2.70 bits per heavy atom. The molecular formula is C20H17N5O4S. The first-order valence-electron chi connectivity index (χ1n) is 9.03. The van der Waals surface area contributed by atoms with Gasteiger partial charge in [-0.05, 0) is 24.3 Å². The summed E-state index contributed by atoms with van der Waals surface area (Å²) in [6.45, 7) is 0.658. The molecule has 4 rings (SSSR count). The third kappa shape index (κ3) is 4.03. The summed E-state index contributed by atoms with van der Waals surface area (Å²) in [5, 5.41) is 14.5. The molecule has 0 atom stereocenters. The number of aromatic amines is 1. The highest BCUT2D eigenvalue weighted by molar-refractivity contribution is 8.14. The molecule has 0 bridgehead atoms. The number of aliphatic imine (C=N–C) groups is 1. The number of carbonyl (C=O) groups excluding carboxylic acids is 1. The summed E-state index contributed by atoms with van der Waals surface area (Å²) < 4.78 is 5.19. The van der Waals surface area contributed by atoms with Crippen LogP contribution in [0.15, 0.2) is 53.5 Å². The number of amides is 1. The number of rotatable bonds is 5. The van der Waals surface area contributed by atoms with Crippen LogP contribution < -0.4 is 10.1 Å². The van der Waals surface area contributed by atoms with Gasteiger partial charge in [0, 0.05) is 29.0 Å². The van der Waals surface area contributed by atoms with Crippen LogP contribution in [0, 0.1) is 10.1 Å². The maximum atomic E-state index is 12.9. The van der Waals surface area contributed by atoms with E-state index in [4.69, 9.17) is 4.74 Å². The van der Waals surface area contributed by atoms with Gasteiger partial charge >= 0.3 is 0 Å². The number of hydrogen-bond donors (Lipinski definition) is 2. The number of thioether (sulfide) groups is 1. The van der Waals surface area contributed by atoms with Crippen molar-refractivity contribution in [1.82, 2.24) is 15.3 Å². The molecule has 3 aromatic rings. The summed E-state index contributed by atoms with van der Waals surface area (Å²) in [6.07, 6.45) is 0. The van der Waals surface area contributed by atoms with E-state index in [0.717, 1.165) is 11.3 Å². The number of aromatic nitrogens is 2. The quantitative estimate of drug-likeness (QED) is 0.478. The van der Waals surface area contributed by atoms with Gasteiger partial charge in [-0.3, -0.25) is 25.2 Å². The van der Waals surface area contributed by atoms with Gasteiger partial charge in [0.2, 0.25) is 0 Å². The first-order valence-corrected chi connectivity index (χ1v) is 10.0. The van der Waals surface area contributed by atoms with Crippen LogP contribution in [0.1, 0.15) is 10.5 Å². The predicted molar refractivity (Wildman–Crippen MR) is 115 cm³/mol. The minimum atomic E-state index is -0.472. The zero-order valence-corrected chi connectivity index (χ0v) is 16.7. The maximum absolute atomic E-state index is 12.9. The molecular weight excluding hydrogens is 406 g/mol. The zero-order chi connectivity index (χ0) is 21.1. The second kappa shape index (κ2) is 8.37. The lowest BCUT2D eigenvalue weighted by Gasteiger charge is -2.05. The van der Waals surface area contributed by atoms with Crippen LogP contribution in [0.2, 0.25) is 0 Å². The Bertz CT molecular complexity index is 1140. The molecule has 2 aromatic carbocycles. The zero-order valence-electron chi connectivity index (χ0n) is 15.9. The number of nitrogens with one attached hydrogen (secondary N) is 2. The minimum Gasteiger partial charge on any atom is -0.497 e. The Hall–Kier alpha value is -3.66. The van der Waals surface area contributed by atoms with Gasteiger partial charge in [-0.25, -0.2) is 4.98 Å². The number of nitrogens with zero attached hydrogens (tertiary/aromatic N) is 3. The van der Waals surface area contributed by atoms with Crippen molar-refractivity contribution in [2.75, 3.05) is 19.4 Å². The molecule has 0 spiro atoms. The molecule has 1 aromatic heterocycles. The molecule has 152 valence electrons. The Morgan fingerprint density at radius 1 is 1.23 bits per heavy atom. The van der Waals surface area contributed by atoms with Crippen molar-refractivity contribution in [2.45, 2.75) is 0 Å². The van der Waals surface area contributed by atoms with E-state index in [1.165, 1.54) is 23.9 Å². The van der Waals surface area contributed by atoms with Crippen LogP contribution in [0.25, 0.3) is 22.6 Å². The minimum absolute atomic E-state index is 0.0578. The lowest BCUT2D eigenvalue weighted by Crippen LogP contribution is -2.28. The van der Waals surface area contributed by atoms with E-state index in [1.54, 1.807) is 31.4 Å². The third-order valence-corrected chi connectivity index (χ3v) is 5.33. The van der Waals surface area contributed by atoms with Crippen LogP contribution >= 0.6 is 11.8 Å². The first-order chi connectivity index (χ1) is 14.5. The third-order valence-electron chi connectivity index (χ3n) is 4.43. The largest absolute Gasteiger partial charge is 0.497 e. The lowest BCUT2D eigenvalue weighted by atomic mass is 10.1. The first kappa shape index (κ1) is 19.6. The van der Waals surface area contributed by atoms with E-state index < -0.39 is 10.8 Å². The van der Waals surface area contributed by atoms with Crippen molar-refractivity contribution in [2.24, 2.45) is 4.99 Å². The van der Waals surface area contributed by atoms with E-state index in [9.17, 15) is 14.9 Å². The molecule has 0 aliphatic carbocycles. The standard InChI is InChI=1S/C20H17N5O4S/c1-29-15-7-5-12(6-8-15)16-17(19(26)24-20-21-9-10-30-20)23-18(22-16)13-3-2-4-14(11-13)25(27)28/h2-8,11H,9-10H2,1H3,(H,22,23)(H,21,24,26). The van der Waals surface area contributed by atoms with Crippen LogP contribution in [-0.2, 0) is 0 Å². The Morgan fingerprint density at radius 2 is 2.03 bits per heavy atom. The summed E-state index contributed by atoms with van der Waals surface area (Å²) in [5.74, 6) is 1.46.